The van der Waals surface area contributed by atoms with Gasteiger partial charge in [-0.05, 0) is 54.6 Å². The quantitative estimate of drug-likeness (QED) is 0.185. The van der Waals surface area contributed by atoms with Crippen LogP contribution in [0.25, 0.3) is 88.1 Å². The molecule has 0 fully saturated rings. The van der Waals surface area contributed by atoms with Gasteiger partial charge in [-0.2, -0.15) is 21.0 Å². The summed E-state index contributed by atoms with van der Waals surface area (Å²) in [5, 5.41) is 47.9. The van der Waals surface area contributed by atoms with Crippen LogP contribution in [0, 0.1) is 45.3 Å². The molecular weight excluding hydrogens is 653 g/mol. The second kappa shape index (κ2) is 11.2. The van der Waals surface area contributed by atoms with Crippen molar-refractivity contribution in [3.63, 3.8) is 0 Å². The van der Waals surface area contributed by atoms with Crippen LogP contribution in [0.5, 0.6) is 0 Å². The van der Waals surface area contributed by atoms with Gasteiger partial charge >= 0.3 is 0 Å². The molecule has 10 aromatic rings. The van der Waals surface area contributed by atoms with Crippen molar-refractivity contribution >= 4 is 65.6 Å². The molecule has 7 aromatic carbocycles. The highest BCUT2D eigenvalue weighted by Crippen LogP contribution is 2.45. The van der Waals surface area contributed by atoms with Crippen LogP contribution >= 0.6 is 0 Å². The molecule has 0 spiro atoms. The highest BCUT2D eigenvalue weighted by Gasteiger charge is 2.27. The number of furan rings is 1. The van der Waals surface area contributed by atoms with E-state index < -0.39 is 0 Å². The first-order valence-electron chi connectivity index (χ1n) is 16.9. The number of nitrogens with zero attached hydrogens (tertiary/aromatic N) is 6. The van der Waals surface area contributed by atoms with Crippen LogP contribution in [-0.2, 0) is 0 Å². The van der Waals surface area contributed by atoms with E-state index in [4.69, 9.17) is 4.42 Å². The lowest BCUT2D eigenvalue weighted by molar-refractivity contribution is 0.673. The number of rotatable bonds is 3. The Balaban J connectivity index is 1.41. The molecule has 0 aliphatic carbocycles. The van der Waals surface area contributed by atoms with Crippen molar-refractivity contribution < 1.29 is 4.42 Å². The van der Waals surface area contributed by atoms with Crippen LogP contribution in [0.4, 0.5) is 0 Å². The zero-order valence-corrected chi connectivity index (χ0v) is 27.8. The van der Waals surface area contributed by atoms with Crippen LogP contribution in [0.1, 0.15) is 22.3 Å². The van der Waals surface area contributed by atoms with E-state index in [1.165, 1.54) is 0 Å². The molecule has 7 heteroatoms. The topological polar surface area (TPSA) is 118 Å². The van der Waals surface area contributed by atoms with Crippen molar-refractivity contribution in [1.82, 2.24) is 9.13 Å². The maximum atomic E-state index is 11.0. The molecule has 3 heterocycles. The summed E-state index contributed by atoms with van der Waals surface area (Å²) in [6, 6.07) is 52.3. The van der Waals surface area contributed by atoms with E-state index >= 15 is 0 Å². The average molecular weight is 675 g/mol. The summed E-state index contributed by atoms with van der Waals surface area (Å²) in [5.41, 5.74) is 7.93. The summed E-state index contributed by atoms with van der Waals surface area (Å²) in [6.07, 6.45) is 0. The largest absolute Gasteiger partial charge is 0.455 e. The van der Waals surface area contributed by atoms with E-state index in [2.05, 4.69) is 41.0 Å². The predicted molar refractivity (Wildman–Crippen MR) is 207 cm³/mol. The fourth-order valence-corrected chi connectivity index (χ4v) is 8.10. The zero-order chi connectivity index (χ0) is 35.8. The van der Waals surface area contributed by atoms with Gasteiger partial charge in [0.2, 0.25) is 0 Å². The molecule has 0 aliphatic rings. The molecule has 0 bridgehead atoms. The number of hydrogen-bond acceptors (Lipinski definition) is 5. The molecule has 53 heavy (non-hydrogen) atoms. The van der Waals surface area contributed by atoms with Crippen LogP contribution in [0.15, 0.2) is 138 Å². The molecule has 10 rings (SSSR count). The minimum absolute atomic E-state index is 0.00319. The van der Waals surface area contributed by atoms with E-state index in [1.54, 1.807) is 12.1 Å². The zero-order valence-electron chi connectivity index (χ0n) is 27.8. The number of fused-ring (bicyclic) bond motifs is 10. The van der Waals surface area contributed by atoms with Crippen LogP contribution < -0.4 is 0 Å². The number of nitriles is 4. The molecule has 7 nitrogen and oxygen atoms in total. The summed E-state index contributed by atoms with van der Waals surface area (Å²) < 4.78 is 10.7. The fraction of sp³-hybridized carbons (Fsp3) is 0. The first-order valence-corrected chi connectivity index (χ1v) is 16.9. The van der Waals surface area contributed by atoms with Gasteiger partial charge < -0.3 is 13.6 Å². The van der Waals surface area contributed by atoms with Crippen molar-refractivity contribution in [1.29, 1.82) is 21.0 Å². The maximum absolute atomic E-state index is 11.0. The van der Waals surface area contributed by atoms with E-state index in [-0.39, 0.29) is 16.7 Å². The highest BCUT2D eigenvalue weighted by atomic mass is 16.3. The van der Waals surface area contributed by atoms with Crippen molar-refractivity contribution in [2.75, 3.05) is 0 Å². The van der Waals surface area contributed by atoms with Gasteiger partial charge in [-0.3, -0.25) is 0 Å². The Morgan fingerprint density at radius 3 is 1.74 bits per heavy atom. The fourth-order valence-electron chi connectivity index (χ4n) is 8.10. The van der Waals surface area contributed by atoms with Gasteiger partial charge in [-0.1, -0.05) is 78.9 Å². The number of aromatic nitrogens is 2. The van der Waals surface area contributed by atoms with E-state index in [9.17, 15) is 21.0 Å². The Morgan fingerprint density at radius 1 is 0.453 bits per heavy atom. The van der Waals surface area contributed by atoms with Crippen molar-refractivity contribution in [3.8, 4) is 46.8 Å². The van der Waals surface area contributed by atoms with E-state index in [0.717, 1.165) is 65.6 Å². The second-order valence-corrected chi connectivity index (χ2v) is 12.9. The van der Waals surface area contributed by atoms with Crippen molar-refractivity contribution in [2.45, 2.75) is 0 Å². The van der Waals surface area contributed by atoms with Crippen LogP contribution in [0.2, 0.25) is 0 Å². The predicted octanol–water partition coefficient (Wildman–Crippen LogP) is 10.9. The first kappa shape index (κ1) is 29.8. The van der Waals surface area contributed by atoms with Crippen LogP contribution in [-0.4, -0.2) is 9.13 Å². The molecule has 0 N–H and O–H groups in total. The normalized spacial score (nSPS) is 11.3. The Bertz CT molecular complexity index is 3350. The first-order chi connectivity index (χ1) is 26.1. The molecule has 3 aromatic heterocycles. The van der Waals surface area contributed by atoms with E-state index in [1.807, 2.05) is 114 Å². The molecule has 0 atom stereocenters. The van der Waals surface area contributed by atoms with Gasteiger partial charge in [0.15, 0.2) is 0 Å². The maximum Gasteiger partial charge on any atom is 0.145 e. The number of benzene rings is 7. The molecule has 0 amide bonds. The lowest BCUT2D eigenvalue weighted by Gasteiger charge is -2.21. The summed E-state index contributed by atoms with van der Waals surface area (Å²) in [5.74, 6) is 0. The molecule has 0 unspecified atom stereocenters. The van der Waals surface area contributed by atoms with Crippen molar-refractivity contribution in [3.05, 3.63) is 156 Å². The third-order valence-electron chi connectivity index (χ3n) is 10.3. The van der Waals surface area contributed by atoms with Gasteiger partial charge in [-0.15, -0.1) is 0 Å². The summed E-state index contributed by atoms with van der Waals surface area (Å²) >= 11 is 0. The Labute approximate surface area is 301 Å². The Morgan fingerprint density at radius 2 is 1.08 bits per heavy atom. The molecular formula is C46H22N6O. The lowest BCUT2D eigenvalue weighted by atomic mass is 9.91. The third kappa shape index (κ3) is 4.05. The number of para-hydroxylation sites is 4. The van der Waals surface area contributed by atoms with Gasteiger partial charge in [-0.25, -0.2) is 0 Å². The lowest BCUT2D eigenvalue weighted by Crippen LogP contribution is -2.07. The highest BCUT2D eigenvalue weighted by molar-refractivity contribution is 6.24. The van der Waals surface area contributed by atoms with Gasteiger partial charge in [0.05, 0.1) is 67.2 Å². The van der Waals surface area contributed by atoms with E-state index in [0.29, 0.717) is 28.1 Å². The molecule has 0 saturated carbocycles. The Hall–Kier alpha value is -8.10. The second-order valence-electron chi connectivity index (χ2n) is 12.9. The van der Waals surface area contributed by atoms with Crippen molar-refractivity contribution in [2.24, 2.45) is 0 Å². The minimum atomic E-state index is -0.00319. The smallest absolute Gasteiger partial charge is 0.145 e. The van der Waals surface area contributed by atoms with Gasteiger partial charge in [0.1, 0.15) is 29.4 Å². The minimum Gasteiger partial charge on any atom is -0.455 e. The number of hydrogen-bond donors (Lipinski definition) is 0. The Kier molecular flexibility index (Phi) is 6.30. The average Bonchev–Trinajstić information content (AvgIpc) is 3.87. The standard InChI is InChI=1S/C46H22N6O/c47-23-27-17-18-31(42(21-27)51-38-13-5-1-9-29(38)30-10-2-6-14-39(30)51)35-22-28(24-48)36(25-49)37(26-50)45(35)52-40-15-7-3-12-34(40)44-41(52)20-19-33-32-11-4-8-16-43(32)53-46(33)44/h1-22H. The van der Waals surface area contributed by atoms with Crippen LogP contribution in [0.3, 0.4) is 0 Å². The molecule has 0 aliphatic heterocycles. The molecule has 242 valence electrons. The van der Waals surface area contributed by atoms with Gasteiger partial charge in [0.25, 0.3) is 0 Å². The summed E-state index contributed by atoms with van der Waals surface area (Å²) in [6.45, 7) is 0. The third-order valence-corrected chi connectivity index (χ3v) is 10.3. The summed E-state index contributed by atoms with van der Waals surface area (Å²) in [7, 11) is 0. The molecule has 0 saturated heterocycles. The summed E-state index contributed by atoms with van der Waals surface area (Å²) in [4.78, 5) is 0. The molecule has 0 radical (unpaired) electrons. The SMILES string of the molecule is N#Cc1ccc(-c2cc(C#N)c(C#N)c(C#N)c2-n2c3ccccc3c3c4oc5ccccc5c4ccc32)c(-n2c3ccccc3c3ccccc32)c1. The van der Waals surface area contributed by atoms with Gasteiger partial charge in [0, 0.05) is 38.1 Å². The monoisotopic (exact) mass is 674 g/mol.